The second-order valence-corrected chi connectivity index (χ2v) is 4.83. The van der Waals surface area contributed by atoms with Gasteiger partial charge < -0.3 is 4.74 Å². The van der Waals surface area contributed by atoms with Crippen LogP contribution in [0.5, 0.6) is 0 Å². The summed E-state index contributed by atoms with van der Waals surface area (Å²) in [4.78, 5) is 10.7. The lowest BCUT2D eigenvalue weighted by atomic mass is 9.97. The van der Waals surface area contributed by atoms with Gasteiger partial charge in [0.15, 0.2) is 0 Å². The van der Waals surface area contributed by atoms with Gasteiger partial charge in [-0.05, 0) is 22.8 Å². The molecule has 0 atom stereocenters. The quantitative estimate of drug-likeness (QED) is 0.779. The summed E-state index contributed by atoms with van der Waals surface area (Å²) in [6.45, 7) is 1.52. The molecule has 2 aromatic rings. The maximum absolute atomic E-state index is 13.1. The van der Waals surface area contributed by atoms with Gasteiger partial charge in [0.2, 0.25) is 0 Å². The van der Waals surface area contributed by atoms with Crippen LogP contribution in [-0.4, -0.2) is 12.6 Å². The van der Waals surface area contributed by atoms with Crippen LogP contribution in [0.4, 0.5) is 13.2 Å². The van der Waals surface area contributed by atoms with Gasteiger partial charge in [-0.1, -0.05) is 42.5 Å². The number of esters is 1. The normalized spacial score (nSPS) is 11.3. The molecule has 5 heteroatoms. The Kier molecular flexibility index (Phi) is 4.85. The van der Waals surface area contributed by atoms with E-state index in [0.29, 0.717) is 12.0 Å². The maximum Gasteiger partial charge on any atom is 0.417 e. The smallest absolute Gasteiger partial charge is 0.417 e. The molecule has 0 fully saturated rings. The number of carbonyl (C=O) groups is 1. The van der Waals surface area contributed by atoms with Crippen molar-refractivity contribution in [1.82, 2.24) is 0 Å². The second kappa shape index (κ2) is 6.64. The Bertz CT molecular complexity index is 663. The molecule has 0 bridgehead atoms. The minimum absolute atomic E-state index is 0.143. The molecule has 0 aliphatic rings. The molecule has 0 unspecified atom stereocenters. The average molecular weight is 308 g/mol. The highest BCUT2D eigenvalue weighted by Gasteiger charge is 2.33. The van der Waals surface area contributed by atoms with Gasteiger partial charge in [0.25, 0.3) is 0 Å². The van der Waals surface area contributed by atoms with E-state index in [1.54, 1.807) is 30.3 Å². The van der Waals surface area contributed by atoms with Crippen molar-refractivity contribution in [2.75, 3.05) is 6.61 Å². The van der Waals surface area contributed by atoms with E-state index in [9.17, 15) is 18.0 Å². The van der Waals surface area contributed by atoms with Gasteiger partial charge in [-0.25, -0.2) is 0 Å². The third-order valence-corrected chi connectivity index (χ3v) is 3.17. The Balaban J connectivity index is 2.29. The van der Waals surface area contributed by atoms with Crippen LogP contribution >= 0.6 is 0 Å². The van der Waals surface area contributed by atoms with Gasteiger partial charge in [0.1, 0.15) is 0 Å². The minimum Gasteiger partial charge on any atom is -0.466 e. The lowest BCUT2D eigenvalue weighted by Gasteiger charge is -2.13. The van der Waals surface area contributed by atoms with Crippen LogP contribution in [0.1, 0.15) is 18.1 Å². The number of hydrogen-bond donors (Lipinski definition) is 0. The van der Waals surface area contributed by atoms with Crippen molar-refractivity contribution < 1.29 is 22.7 Å². The van der Waals surface area contributed by atoms with Crippen LogP contribution in [-0.2, 0) is 22.1 Å². The van der Waals surface area contributed by atoms with E-state index in [0.717, 1.165) is 11.6 Å². The fraction of sp³-hybridized carbons (Fsp3) is 0.235. The number of carbonyl (C=O) groups excluding carboxylic acids is 1. The van der Waals surface area contributed by atoms with Gasteiger partial charge in [0.05, 0.1) is 12.2 Å². The van der Waals surface area contributed by atoms with Crippen molar-refractivity contribution >= 4 is 5.97 Å². The Hall–Kier alpha value is -2.30. The zero-order valence-corrected chi connectivity index (χ0v) is 12.0. The standard InChI is InChI=1S/C17H15F3O2/c1-12(21)22-10-9-13-5-4-6-14(11-13)15-7-2-3-8-16(15)17(18,19)20/h2-8,11H,9-10H2,1H3. The first kappa shape index (κ1) is 16.1. The molecular formula is C17H15F3O2. The van der Waals surface area contributed by atoms with E-state index in [1.807, 2.05) is 0 Å². The maximum atomic E-state index is 13.1. The molecule has 0 aromatic heterocycles. The van der Waals surface area contributed by atoms with E-state index >= 15 is 0 Å². The van der Waals surface area contributed by atoms with Crippen LogP contribution in [0.15, 0.2) is 48.5 Å². The highest BCUT2D eigenvalue weighted by Crippen LogP contribution is 2.37. The third kappa shape index (κ3) is 4.10. The summed E-state index contributed by atoms with van der Waals surface area (Å²) in [5.41, 5.74) is 0.792. The van der Waals surface area contributed by atoms with E-state index < -0.39 is 11.7 Å². The fourth-order valence-electron chi connectivity index (χ4n) is 2.19. The Labute approximate surface area is 126 Å². The molecule has 0 aliphatic carbocycles. The molecule has 0 radical (unpaired) electrons. The molecule has 2 rings (SSSR count). The topological polar surface area (TPSA) is 26.3 Å². The van der Waals surface area contributed by atoms with Crippen LogP contribution in [0.3, 0.4) is 0 Å². The first-order chi connectivity index (χ1) is 10.4. The predicted octanol–water partition coefficient (Wildman–Crippen LogP) is 4.48. The molecule has 0 N–H and O–H groups in total. The summed E-state index contributed by atoms with van der Waals surface area (Å²) in [6, 6.07) is 12.3. The zero-order chi connectivity index (χ0) is 16.2. The molecule has 2 aromatic carbocycles. The number of ether oxygens (including phenoxy) is 1. The van der Waals surface area contributed by atoms with Crippen molar-refractivity contribution in [3.8, 4) is 11.1 Å². The molecule has 116 valence electrons. The van der Waals surface area contributed by atoms with E-state index in [2.05, 4.69) is 0 Å². The van der Waals surface area contributed by atoms with Crippen LogP contribution in [0.25, 0.3) is 11.1 Å². The van der Waals surface area contributed by atoms with Gasteiger partial charge in [-0.3, -0.25) is 4.79 Å². The summed E-state index contributed by atoms with van der Waals surface area (Å²) >= 11 is 0. The van der Waals surface area contributed by atoms with Crippen LogP contribution in [0, 0.1) is 0 Å². The molecule has 0 saturated carbocycles. The molecule has 0 amide bonds. The van der Waals surface area contributed by atoms with Gasteiger partial charge in [-0.15, -0.1) is 0 Å². The summed E-state index contributed by atoms with van der Waals surface area (Å²) in [6.07, 6.45) is -3.94. The molecule has 22 heavy (non-hydrogen) atoms. The minimum atomic E-state index is -4.40. The number of benzene rings is 2. The first-order valence-electron chi connectivity index (χ1n) is 6.77. The van der Waals surface area contributed by atoms with E-state index in [-0.39, 0.29) is 18.1 Å². The van der Waals surface area contributed by atoms with Crippen molar-refractivity contribution in [1.29, 1.82) is 0 Å². The fourth-order valence-corrected chi connectivity index (χ4v) is 2.19. The van der Waals surface area contributed by atoms with Crippen LogP contribution in [0.2, 0.25) is 0 Å². The lowest BCUT2D eigenvalue weighted by Crippen LogP contribution is -2.07. The number of rotatable bonds is 4. The van der Waals surface area contributed by atoms with Crippen molar-refractivity contribution in [2.24, 2.45) is 0 Å². The number of hydrogen-bond acceptors (Lipinski definition) is 2. The Morgan fingerprint density at radius 2 is 1.82 bits per heavy atom. The van der Waals surface area contributed by atoms with E-state index in [1.165, 1.54) is 19.1 Å². The van der Waals surface area contributed by atoms with Crippen LogP contribution < -0.4 is 0 Å². The summed E-state index contributed by atoms with van der Waals surface area (Å²) in [7, 11) is 0. The van der Waals surface area contributed by atoms with Crippen molar-refractivity contribution in [3.63, 3.8) is 0 Å². The SMILES string of the molecule is CC(=O)OCCc1cccc(-c2ccccc2C(F)(F)F)c1. The molecule has 0 aliphatic heterocycles. The van der Waals surface area contributed by atoms with Gasteiger partial charge in [-0.2, -0.15) is 13.2 Å². The van der Waals surface area contributed by atoms with Gasteiger partial charge in [0, 0.05) is 13.3 Å². The largest absolute Gasteiger partial charge is 0.466 e. The molecule has 0 saturated heterocycles. The molecule has 0 heterocycles. The first-order valence-corrected chi connectivity index (χ1v) is 6.77. The predicted molar refractivity (Wildman–Crippen MR) is 77.2 cm³/mol. The summed E-state index contributed by atoms with van der Waals surface area (Å²) < 4.78 is 44.1. The zero-order valence-electron chi connectivity index (χ0n) is 12.0. The highest BCUT2D eigenvalue weighted by molar-refractivity contribution is 5.68. The monoisotopic (exact) mass is 308 g/mol. The average Bonchev–Trinajstić information content (AvgIpc) is 2.46. The van der Waals surface area contributed by atoms with Crippen molar-refractivity contribution in [2.45, 2.75) is 19.5 Å². The van der Waals surface area contributed by atoms with Gasteiger partial charge >= 0.3 is 12.1 Å². The second-order valence-electron chi connectivity index (χ2n) is 4.83. The molecule has 0 spiro atoms. The molecule has 2 nitrogen and oxygen atoms in total. The summed E-state index contributed by atoms with van der Waals surface area (Å²) in [5.74, 6) is -0.376. The third-order valence-electron chi connectivity index (χ3n) is 3.17. The Morgan fingerprint density at radius 3 is 2.50 bits per heavy atom. The van der Waals surface area contributed by atoms with Crippen molar-refractivity contribution in [3.05, 3.63) is 59.7 Å². The highest BCUT2D eigenvalue weighted by atomic mass is 19.4. The molecular weight excluding hydrogens is 293 g/mol. The Morgan fingerprint density at radius 1 is 1.09 bits per heavy atom. The number of alkyl halides is 3. The lowest BCUT2D eigenvalue weighted by molar-refractivity contribution is -0.141. The summed E-state index contributed by atoms with van der Waals surface area (Å²) in [5, 5.41) is 0. The van der Waals surface area contributed by atoms with E-state index in [4.69, 9.17) is 4.74 Å². The number of halogens is 3.